The number of carbonyl (C=O) groups is 2. The fraction of sp³-hybridized carbons (Fsp3) is 0.474. The average Bonchev–Trinajstić information content (AvgIpc) is 3.24. The van der Waals surface area contributed by atoms with Gasteiger partial charge in [0, 0.05) is 24.5 Å². The van der Waals surface area contributed by atoms with Crippen molar-refractivity contribution < 1.29 is 14.0 Å². The Morgan fingerprint density at radius 3 is 2.86 bits per heavy atom. The highest BCUT2D eigenvalue weighted by atomic mass is 35.5. The molecule has 1 fully saturated rings. The second-order valence-electron chi connectivity index (χ2n) is 7.17. The third-order valence-electron chi connectivity index (χ3n) is 5.32. The van der Waals surface area contributed by atoms with Crippen LogP contribution in [0.5, 0.6) is 0 Å². The van der Waals surface area contributed by atoms with Crippen LogP contribution in [0.2, 0.25) is 5.02 Å². The molecular formula is C19H21ClFN5O2. The smallest absolute Gasteiger partial charge is 0.314 e. The summed E-state index contributed by atoms with van der Waals surface area (Å²) in [6, 6.07) is 3.51. The van der Waals surface area contributed by atoms with Gasteiger partial charge in [0.1, 0.15) is 11.6 Å². The number of benzene rings is 1. The Morgan fingerprint density at radius 2 is 2.00 bits per heavy atom. The van der Waals surface area contributed by atoms with Crippen molar-refractivity contribution in [2.24, 2.45) is 0 Å². The number of nitrogens with zero attached hydrogens (tertiary/aromatic N) is 4. The minimum atomic E-state index is -0.885. The number of rotatable bonds is 2. The van der Waals surface area contributed by atoms with E-state index in [0.717, 1.165) is 62.8 Å². The SMILES string of the molecule is O=C(Nc1cc(Cl)ccc1F)C(=O)N1CCCC1c1nnc2n1CCCCC2. The van der Waals surface area contributed by atoms with E-state index in [2.05, 4.69) is 20.1 Å². The van der Waals surface area contributed by atoms with Gasteiger partial charge in [-0.25, -0.2) is 4.39 Å². The van der Waals surface area contributed by atoms with Crippen LogP contribution in [0.25, 0.3) is 0 Å². The first-order valence-electron chi connectivity index (χ1n) is 9.53. The topological polar surface area (TPSA) is 80.1 Å². The van der Waals surface area contributed by atoms with Crippen molar-refractivity contribution in [3.05, 3.63) is 40.7 Å². The molecule has 9 heteroatoms. The van der Waals surface area contributed by atoms with Crippen LogP contribution in [-0.4, -0.2) is 38.0 Å². The molecule has 2 aromatic rings. The lowest BCUT2D eigenvalue weighted by molar-refractivity contribution is -0.143. The van der Waals surface area contributed by atoms with Crippen LogP contribution in [-0.2, 0) is 22.6 Å². The predicted molar refractivity (Wildman–Crippen MR) is 101 cm³/mol. The monoisotopic (exact) mass is 405 g/mol. The zero-order valence-corrected chi connectivity index (χ0v) is 16.1. The maximum absolute atomic E-state index is 13.9. The van der Waals surface area contributed by atoms with Crippen molar-refractivity contribution in [3.8, 4) is 0 Å². The summed E-state index contributed by atoms with van der Waals surface area (Å²) < 4.78 is 16.0. The lowest BCUT2D eigenvalue weighted by Crippen LogP contribution is -2.40. The average molecular weight is 406 g/mol. The van der Waals surface area contributed by atoms with Crippen LogP contribution < -0.4 is 5.32 Å². The van der Waals surface area contributed by atoms with Crippen LogP contribution in [0.15, 0.2) is 18.2 Å². The van der Waals surface area contributed by atoms with Gasteiger partial charge in [0.2, 0.25) is 0 Å². The normalized spacial score (nSPS) is 19.2. The summed E-state index contributed by atoms with van der Waals surface area (Å²) in [5.74, 6) is -0.551. The molecule has 0 radical (unpaired) electrons. The molecule has 1 saturated heterocycles. The second-order valence-corrected chi connectivity index (χ2v) is 7.61. The van der Waals surface area contributed by atoms with Crippen LogP contribution in [0, 0.1) is 5.82 Å². The van der Waals surface area contributed by atoms with E-state index in [4.69, 9.17) is 11.6 Å². The Morgan fingerprint density at radius 1 is 1.14 bits per heavy atom. The number of amides is 2. The molecule has 2 aliphatic rings. The molecule has 2 amide bonds. The van der Waals surface area contributed by atoms with E-state index >= 15 is 0 Å². The molecular weight excluding hydrogens is 385 g/mol. The standard InChI is InChI=1S/C19H21ClFN5O2/c20-12-7-8-13(21)14(11-12)22-18(27)19(28)25-10-4-5-15(25)17-24-23-16-6-2-1-3-9-26(16)17/h7-8,11,15H,1-6,9-10H2,(H,22,27). The molecule has 0 spiro atoms. The van der Waals surface area contributed by atoms with Gasteiger partial charge in [-0.3, -0.25) is 9.59 Å². The van der Waals surface area contributed by atoms with Gasteiger partial charge >= 0.3 is 11.8 Å². The number of likely N-dealkylation sites (tertiary alicyclic amines) is 1. The molecule has 148 valence electrons. The minimum Gasteiger partial charge on any atom is -0.324 e. The Hall–Kier alpha value is -2.48. The van der Waals surface area contributed by atoms with Crippen LogP contribution in [0.3, 0.4) is 0 Å². The summed E-state index contributed by atoms with van der Waals surface area (Å²) in [7, 11) is 0. The number of hydrogen-bond acceptors (Lipinski definition) is 4. The largest absolute Gasteiger partial charge is 0.324 e. The fourth-order valence-electron chi connectivity index (χ4n) is 3.93. The van der Waals surface area contributed by atoms with E-state index in [0.29, 0.717) is 6.54 Å². The zero-order valence-electron chi connectivity index (χ0n) is 15.3. The maximum atomic E-state index is 13.9. The number of aromatic nitrogens is 3. The van der Waals surface area contributed by atoms with E-state index in [1.807, 2.05) is 0 Å². The Kier molecular flexibility index (Phi) is 5.30. The molecule has 0 saturated carbocycles. The third kappa shape index (κ3) is 3.61. The highest BCUT2D eigenvalue weighted by Gasteiger charge is 2.37. The zero-order chi connectivity index (χ0) is 19.7. The van der Waals surface area contributed by atoms with Crippen LogP contribution in [0.4, 0.5) is 10.1 Å². The summed E-state index contributed by atoms with van der Waals surface area (Å²) in [5, 5.41) is 11.2. The van der Waals surface area contributed by atoms with Gasteiger partial charge in [-0.2, -0.15) is 0 Å². The molecule has 2 aliphatic heterocycles. The first kappa shape index (κ1) is 18.9. The van der Waals surface area contributed by atoms with Crippen molar-refractivity contribution in [1.82, 2.24) is 19.7 Å². The van der Waals surface area contributed by atoms with Gasteiger partial charge in [-0.05, 0) is 43.9 Å². The van der Waals surface area contributed by atoms with Crippen LogP contribution in [0.1, 0.15) is 49.8 Å². The number of aryl methyl sites for hydroxylation is 1. The third-order valence-corrected chi connectivity index (χ3v) is 5.56. The first-order valence-corrected chi connectivity index (χ1v) is 9.91. The molecule has 0 bridgehead atoms. The summed E-state index contributed by atoms with van der Waals surface area (Å²) in [4.78, 5) is 26.8. The molecule has 3 heterocycles. The summed E-state index contributed by atoms with van der Waals surface area (Å²) in [6.45, 7) is 1.28. The van der Waals surface area contributed by atoms with E-state index < -0.39 is 17.6 Å². The molecule has 1 aromatic heterocycles. The van der Waals surface area contributed by atoms with E-state index in [1.54, 1.807) is 0 Å². The van der Waals surface area contributed by atoms with E-state index in [9.17, 15) is 14.0 Å². The van der Waals surface area contributed by atoms with Gasteiger partial charge in [0.15, 0.2) is 5.82 Å². The van der Waals surface area contributed by atoms with Crippen molar-refractivity contribution in [2.45, 2.75) is 51.1 Å². The van der Waals surface area contributed by atoms with Gasteiger partial charge in [0.25, 0.3) is 0 Å². The minimum absolute atomic E-state index is 0.113. The van der Waals surface area contributed by atoms with Crippen molar-refractivity contribution in [3.63, 3.8) is 0 Å². The lowest BCUT2D eigenvalue weighted by Gasteiger charge is -2.24. The lowest BCUT2D eigenvalue weighted by atomic mass is 10.2. The Labute approximate surface area is 166 Å². The number of anilines is 1. The predicted octanol–water partition coefficient (Wildman–Crippen LogP) is 3.10. The first-order chi connectivity index (χ1) is 13.5. The highest BCUT2D eigenvalue weighted by Crippen LogP contribution is 2.32. The summed E-state index contributed by atoms with van der Waals surface area (Å²) in [5.41, 5.74) is -0.113. The molecule has 1 atom stereocenters. The maximum Gasteiger partial charge on any atom is 0.314 e. The molecule has 1 N–H and O–H groups in total. The number of carbonyl (C=O) groups excluding carboxylic acids is 2. The summed E-state index contributed by atoms with van der Waals surface area (Å²) in [6.07, 6.45) is 5.65. The fourth-order valence-corrected chi connectivity index (χ4v) is 4.10. The molecule has 4 rings (SSSR count). The van der Waals surface area contributed by atoms with Crippen molar-refractivity contribution in [1.29, 1.82) is 0 Å². The highest BCUT2D eigenvalue weighted by molar-refractivity contribution is 6.39. The van der Waals surface area contributed by atoms with Gasteiger partial charge in [-0.15, -0.1) is 10.2 Å². The van der Waals surface area contributed by atoms with Gasteiger partial charge in [-0.1, -0.05) is 18.0 Å². The number of halogens is 2. The number of fused-ring (bicyclic) bond motifs is 1. The van der Waals surface area contributed by atoms with E-state index in [-0.39, 0.29) is 16.8 Å². The van der Waals surface area contributed by atoms with Gasteiger partial charge < -0.3 is 14.8 Å². The number of hydrogen-bond donors (Lipinski definition) is 1. The molecule has 1 aromatic carbocycles. The van der Waals surface area contributed by atoms with Crippen LogP contribution >= 0.6 is 11.6 Å². The molecule has 28 heavy (non-hydrogen) atoms. The quantitative estimate of drug-likeness (QED) is 0.778. The van der Waals surface area contributed by atoms with E-state index in [1.165, 1.54) is 17.0 Å². The van der Waals surface area contributed by atoms with Crippen molar-refractivity contribution in [2.75, 3.05) is 11.9 Å². The molecule has 1 unspecified atom stereocenters. The Balaban J connectivity index is 1.53. The van der Waals surface area contributed by atoms with Gasteiger partial charge in [0.05, 0.1) is 11.7 Å². The summed E-state index contributed by atoms with van der Waals surface area (Å²) >= 11 is 5.85. The van der Waals surface area contributed by atoms with Crippen molar-refractivity contribution >= 4 is 29.1 Å². The second kappa shape index (κ2) is 7.87. The molecule has 0 aliphatic carbocycles. The number of nitrogens with one attached hydrogen (secondary N) is 1. The Bertz CT molecular complexity index is 916. The molecule has 7 nitrogen and oxygen atoms in total.